The summed E-state index contributed by atoms with van der Waals surface area (Å²) in [6.07, 6.45) is 0.0892. The van der Waals surface area contributed by atoms with Crippen LogP contribution in [0.1, 0.15) is 11.1 Å². The van der Waals surface area contributed by atoms with E-state index in [0.29, 0.717) is 12.1 Å². The minimum absolute atomic E-state index is 0.0669. The Balaban J connectivity index is 2.47. The Kier molecular flexibility index (Phi) is 3.05. The molecule has 17 heavy (non-hydrogen) atoms. The molecule has 0 amide bonds. The average molecular weight is 257 g/mol. The van der Waals surface area contributed by atoms with E-state index in [1.165, 1.54) is 6.07 Å². The molecule has 0 fully saturated rings. The molecular formula is C10H12NO5P. The first-order chi connectivity index (χ1) is 7.89. The maximum atomic E-state index is 11.3. The highest BCUT2D eigenvalue weighted by Gasteiger charge is 2.30. The molecule has 0 spiro atoms. The summed E-state index contributed by atoms with van der Waals surface area (Å²) in [5.74, 6) is -1.02. The number of fused-ring (bicyclic) bond motifs is 1. The van der Waals surface area contributed by atoms with Gasteiger partial charge in [-0.3, -0.25) is 9.36 Å². The number of carbonyl (C=O) groups is 1. The monoisotopic (exact) mass is 257 g/mol. The molecule has 0 radical (unpaired) electrons. The van der Waals surface area contributed by atoms with Crippen molar-refractivity contribution < 1.29 is 24.3 Å². The van der Waals surface area contributed by atoms with Gasteiger partial charge in [-0.15, -0.1) is 0 Å². The molecule has 1 aromatic rings. The smallest absolute Gasteiger partial charge is 0.356 e. The van der Waals surface area contributed by atoms with Crippen molar-refractivity contribution in [1.82, 2.24) is 5.32 Å². The van der Waals surface area contributed by atoms with E-state index in [4.69, 9.17) is 5.11 Å². The highest BCUT2D eigenvalue weighted by atomic mass is 31.2. The van der Waals surface area contributed by atoms with Crippen molar-refractivity contribution in [2.45, 2.75) is 19.0 Å². The zero-order valence-corrected chi connectivity index (χ0v) is 9.72. The summed E-state index contributed by atoms with van der Waals surface area (Å²) >= 11 is 0. The number of aliphatic carboxylic acids is 1. The van der Waals surface area contributed by atoms with Gasteiger partial charge in [-0.25, -0.2) is 0 Å². The van der Waals surface area contributed by atoms with Crippen molar-refractivity contribution in [2.24, 2.45) is 0 Å². The molecule has 0 saturated heterocycles. The van der Waals surface area contributed by atoms with Gasteiger partial charge in [0, 0.05) is 6.54 Å². The minimum Gasteiger partial charge on any atom is -0.480 e. The van der Waals surface area contributed by atoms with E-state index in [1.807, 2.05) is 0 Å². The first-order valence-corrected chi connectivity index (χ1v) is 6.64. The summed E-state index contributed by atoms with van der Waals surface area (Å²) in [5, 5.41) is 11.6. The predicted molar refractivity (Wildman–Crippen MR) is 60.1 cm³/mol. The van der Waals surface area contributed by atoms with Crippen LogP contribution < -0.4 is 10.6 Å². The highest BCUT2D eigenvalue weighted by molar-refractivity contribution is 7.60. The van der Waals surface area contributed by atoms with E-state index >= 15 is 0 Å². The van der Waals surface area contributed by atoms with E-state index in [1.54, 1.807) is 12.1 Å². The van der Waals surface area contributed by atoms with Crippen LogP contribution in [0.5, 0.6) is 0 Å². The van der Waals surface area contributed by atoms with Crippen LogP contribution in [-0.4, -0.2) is 26.9 Å². The van der Waals surface area contributed by atoms with Crippen molar-refractivity contribution in [3.05, 3.63) is 29.3 Å². The fourth-order valence-electron chi connectivity index (χ4n) is 1.98. The number of rotatable bonds is 2. The zero-order valence-electron chi connectivity index (χ0n) is 8.83. The van der Waals surface area contributed by atoms with Crippen molar-refractivity contribution in [3.8, 4) is 0 Å². The molecule has 1 aromatic carbocycles. The quantitative estimate of drug-likeness (QED) is 0.536. The van der Waals surface area contributed by atoms with Crippen molar-refractivity contribution >= 4 is 18.9 Å². The Hall–Kier alpha value is -1.20. The second kappa shape index (κ2) is 4.23. The largest absolute Gasteiger partial charge is 0.480 e. The first-order valence-electron chi connectivity index (χ1n) is 5.02. The molecule has 0 aliphatic carbocycles. The van der Waals surface area contributed by atoms with Gasteiger partial charge in [0.05, 0.1) is 5.30 Å². The summed E-state index contributed by atoms with van der Waals surface area (Å²) in [6, 6.07) is 3.86. The Morgan fingerprint density at radius 1 is 1.41 bits per heavy atom. The van der Waals surface area contributed by atoms with Crippen LogP contribution in [0.25, 0.3) is 0 Å². The topological polar surface area (TPSA) is 107 Å². The van der Waals surface area contributed by atoms with Gasteiger partial charge in [0.25, 0.3) is 0 Å². The van der Waals surface area contributed by atoms with Gasteiger partial charge in [-0.2, -0.15) is 0 Å². The maximum Gasteiger partial charge on any atom is 0.356 e. The minimum atomic E-state index is -4.36. The number of carboxylic acid groups (broad SMARTS) is 1. The third kappa shape index (κ3) is 2.40. The lowest BCUT2D eigenvalue weighted by atomic mass is 9.96. The first kappa shape index (κ1) is 12.3. The molecule has 7 heteroatoms. The summed E-state index contributed by atoms with van der Waals surface area (Å²) in [5.41, 5.74) is 1.19. The molecule has 1 aliphatic rings. The van der Waals surface area contributed by atoms with Gasteiger partial charge in [0.2, 0.25) is 0 Å². The third-order valence-electron chi connectivity index (χ3n) is 2.81. The fourth-order valence-corrected chi connectivity index (χ4v) is 2.85. The average Bonchev–Trinajstić information content (AvgIpc) is 2.26. The number of hydrogen-bond acceptors (Lipinski definition) is 3. The van der Waals surface area contributed by atoms with Crippen LogP contribution in [-0.2, 0) is 22.3 Å². The second-order valence-corrected chi connectivity index (χ2v) is 5.50. The van der Waals surface area contributed by atoms with E-state index in [2.05, 4.69) is 5.32 Å². The van der Waals surface area contributed by atoms with Crippen LogP contribution in [0, 0.1) is 0 Å². The van der Waals surface area contributed by atoms with E-state index in [-0.39, 0.29) is 11.7 Å². The molecule has 0 unspecified atom stereocenters. The third-order valence-corrected chi connectivity index (χ3v) is 3.85. The normalized spacial score (nSPS) is 19.8. The Labute approximate surface area is 97.4 Å². The predicted octanol–water partition coefficient (Wildman–Crippen LogP) is -0.412. The summed E-state index contributed by atoms with van der Waals surface area (Å²) in [4.78, 5) is 29.3. The summed E-state index contributed by atoms with van der Waals surface area (Å²) in [6.45, 7) is 0.306. The number of benzene rings is 1. The molecule has 6 nitrogen and oxygen atoms in total. The van der Waals surface area contributed by atoms with Gasteiger partial charge in [0.1, 0.15) is 6.04 Å². The van der Waals surface area contributed by atoms with Crippen molar-refractivity contribution in [2.75, 3.05) is 0 Å². The van der Waals surface area contributed by atoms with Crippen LogP contribution in [0.3, 0.4) is 0 Å². The van der Waals surface area contributed by atoms with Gasteiger partial charge in [0.15, 0.2) is 0 Å². The molecule has 1 heterocycles. The maximum absolute atomic E-state index is 11.3. The van der Waals surface area contributed by atoms with Gasteiger partial charge < -0.3 is 20.2 Å². The van der Waals surface area contributed by atoms with Crippen LogP contribution in [0.4, 0.5) is 0 Å². The fraction of sp³-hybridized carbons (Fsp3) is 0.300. The molecule has 2 rings (SSSR count). The molecule has 0 saturated carbocycles. The van der Waals surface area contributed by atoms with E-state index < -0.39 is 19.6 Å². The summed E-state index contributed by atoms with van der Waals surface area (Å²) in [7, 11) is -4.36. The van der Waals surface area contributed by atoms with Gasteiger partial charge >= 0.3 is 13.6 Å². The van der Waals surface area contributed by atoms with Gasteiger partial charge in [-0.1, -0.05) is 12.1 Å². The van der Waals surface area contributed by atoms with Crippen LogP contribution in [0.15, 0.2) is 18.2 Å². The van der Waals surface area contributed by atoms with Crippen LogP contribution >= 0.6 is 7.60 Å². The molecular weight excluding hydrogens is 245 g/mol. The lowest BCUT2D eigenvalue weighted by Gasteiger charge is -2.25. The van der Waals surface area contributed by atoms with E-state index in [0.717, 1.165) is 5.56 Å². The molecule has 1 aliphatic heterocycles. The summed E-state index contributed by atoms with van der Waals surface area (Å²) < 4.78 is 11.3. The molecule has 0 bridgehead atoms. The lowest BCUT2D eigenvalue weighted by molar-refractivity contribution is -0.139. The van der Waals surface area contributed by atoms with Gasteiger partial charge in [-0.05, 0) is 23.6 Å². The van der Waals surface area contributed by atoms with E-state index in [9.17, 15) is 19.1 Å². The van der Waals surface area contributed by atoms with Crippen molar-refractivity contribution in [3.63, 3.8) is 0 Å². The second-order valence-electron chi connectivity index (χ2n) is 3.93. The Morgan fingerprint density at radius 3 is 2.71 bits per heavy atom. The number of nitrogens with one attached hydrogen (secondary N) is 1. The van der Waals surface area contributed by atoms with Crippen LogP contribution in [0.2, 0.25) is 0 Å². The number of hydrogen-bond donors (Lipinski definition) is 4. The van der Waals surface area contributed by atoms with Crippen molar-refractivity contribution in [1.29, 1.82) is 0 Å². The number of carboxylic acids is 1. The Morgan fingerprint density at radius 2 is 2.12 bits per heavy atom. The molecule has 1 atom stereocenters. The SMILES string of the molecule is O=C(O)[C@@H]1Cc2c(cccc2P(=O)(O)O)CN1. The zero-order chi connectivity index (χ0) is 12.6. The molecule has 0 aromatic heterocycles. The Bertz CT molecular complexity index is 509. The molecule has 92 valence electrons. The highest BCUT2D eigenvalue weighted by Crippen LogP contribution is 2.36. The lowest BCUT2D eigenvalue weighted by Crippen LogP contribution is -2.43. The standard InChI is InChI=1S/C10H12NO5P/c12-10(13)8-4-7-6(5-11-8)2-1-3-9(7)17(14,15)16/h1-3,8,11H,4-5H2,(H,12,13)(H2,14,15,16)/t8-/m0/s1. The molecule has 4 N–H and O–H groups in total.